The summed E-state index contributed by atoms with van der Waals surface area (Å²) in [6, 6.07) is 3.85. The lowest BCUT2D eigenvalue weighted by atomic mass is 10.2. The Morgan fingerprint density at radius 2 is 2.22 bits per heavy atom. The highest BCUT2D eigenvalue weighted by molar-refractivity contribution is 5.92. The molecule has 1 aromatic rings. The number of aromatic nitrogens is 1. The fourth-order valence-electron chi connectivity index (χ4n) is 2.07. The molecular formula is C13H20N4O. The standard InChI is InChI=1S/C13H20N4O/c1-16(2)13(18)12-10-11(4-6-15-12)17-8-3-5-14-7-9-17/h4,6,10,14H,3,5,7-9H2,1-2H3. The molecule has 5 heteroatoms. The van der Waals surface area contributed by atoms with Gasteiger partial charge in [0.15, 0.2) is 0 Å². The van der Waals surface area contributed by atoms with E-state index in [1.165, 1.54) is 0 Å². The lowest BCUT2D eigenvalue weighted by Gasteiger charge is -2.22. The van der Waals surface area contributed by atoms with E-state index in [1.807, 2.05) is 12.1 Å². The number of amides is 1. The maximum absolute atomic E-state index is 11.9. The summed E-state index contributed by atoms with van der Waals surface area (Å²) in [7, 11) is 3.49. The van der Waals surface area contributed by atoms with E-state index in [1.54, 1.807) is 25.2 Å². The first-order valence-corrected chi connectivity index (χ1v) is 6.32. The first-order valence-electron chi connectivity index (χ1n) is 6.32. The zero-order valence-corrected chi connectivity index (χ0v) is 11.0. The fourth-order valence-corrected chi connectivity index (χ4v) is 2.07. The number of carbonyl (C=O) groups is 1. The lowest BCUT2D eigenvalue weighted by molar-refractivity contribution is 0.0822. The monoisotopic (exact) mass is 248 g/mol. The van der Waals surface area contributed by atoms with Crippen LogP contribution in [0.5, 0.6) is 0 Å². The minimum Gasteiger partial charge on any atom is -0.370 e. The van der Waals surface area contributed by atoms with Crippen molar-refractivity contribution in [2.75, 3.05) is 45.2 Å². The molecule has 0 radical (unpaired) electrons. The number of hydrogen-bond acceptors (Lipinski definition) is 4. The molecule has 5 nitrogen and oxygen atoms in total. The highest BCUT2D eigenvalue weighted by Crippen LogP contribution is 2.16. The van der Waals surface area contributed by atoms with Gasteiger partial charge in [0.05, 0.1) is 0 Å². The summed E-state index contributed by atoms with van der Waals surface area (Å²) in [6.07, 6.45) is 2.84. The molecule has 1 saturated heterocycles. The average molecular weight is 248 g/mol. The van der Waals surface area contributed by atoms with E-state index in [0.717, 1.165) is 38.3 Å². The molecule has 1 fully saturated rings. The summed E-state index contributed by atoms with van der Waals surface area (Å²) >= 11 is 0. The zero-order chi connectivity index (χ0) is 13.0. The first-order chi connectivity index (χ1) is 8.68. The smallest absolute Gasteiger partial charge is 0.272 e. The van der Waals surface area contributed by atoms with Crippen molar-refractivity contribution in [1.82, 2.24) is 15.2 Å². The minimum atomic E-state index is -0.0511. The third-order valence-electron chi connectivity index (χ3n) is 3.07. The average Bonchev–Trinajstić information content (AvgIpc) is 2.66. The van der Waals surface area contributed by atoms with Crippen LogP contribution in [0.4, 0.5) is 5.69 Å². The first kappa shape index (κ1) is 12.8. The van der Waals surface area contributed by atoms with Crippen molar-refractivity contribution in [3.63, 3.8) is 0 Å². The topological polar surface area (TPSA) is 48.5 Å². The van der Waals surface area contributed by atoms with Crippen LogP contribution in [0.3, 0.4) is 0 Å². The molecule has 18 heavy (non-hydrogen) atoms. The van der Waals surface area contributed by atoms with Crippen molar-refractivity contribution in [2.24, 2.45) is 0 Å². The van der Waals surface area contributed by atoms with Crippen molar-refractivity contribution in [2.45, 2.75) is 6.42 Å². The zero-order valence-electron chi connectivity index (χ0n) is 11.0. The van der Waals surface area contributed by atoms with Crippen LogP contribution in [0.2, 0.25) is 0 Å². The molecule has 1 aliphatic rings. The van der Waals surface area contributed by atoms with Gasteiger partial charge in [-0.15, -0.1) is 0 Å². The van der Waals surface area contributed by atoms with Crippen LogP contribution < -0.4 is 10.2 Å². The molecule has 2 rings (SSSR count). The Hall–Kier alpha value is -1.62. The van der Waals surface area contributed by atoms with Gasteiger partial charge in [0.2, 0.25) is 0 Å². The van der Waals surface area contributed by atoms with Gasteiger partial charge in [-0.1, -0.05) is 0 Å². The van der Waals surface area contributed by atoms with Crippen LogP contribution in [0, 0.1) is 0 Å². The van der Waals surface area contributed by atoms with Crippen LogP contribution in [-0.4, -0.2) is 56.1 Å². The van der Waals surface area contributed by atoms with Gasteiger partial charge in [0.1, 0.15) is 5.69 Å². The van der Waals surface area contributed by atoms with Gasteiger partial charge in [-0.2, -0.15) is 0 Å². The molecule has 1 amide bonds. The second kappa shape index (κ2) is 5.82. The summed E-state index contributed by atoms with van der Waals surface area (Å²) in [6.45, 7) is 4.04. The van der Waals surface area contributed by atoms with E-state index in [0.29, 0.717) is 5.69 Å². The van der Waals surface area contributed by atoms with Crippen LogP contribution >= 0.6 is 0 Å². The van der Waals surface area contributed by atoms with E-state index in [4.69, 9.17) is 0 Å². The third kappa shape index (κ3) is 2.98. The van der Waals surface area contributed by atoms with Gasteiger partial charge < -0.3 is 15.1 Å². The quantitative estimate of drug-likeness (QED) is 0.832. The molecule has 0 aliphatic carbocycles. The SMILES string of the molecule is CN(C)C(=O)c1cc(N2CCCNCC2)ccn1. The van der Waals surface area contributed by atoms with E-state index in [2.05, 4.69) is 15.2 Å². The van der Waals surface area contributed by atoms with Crippen molar-refractivity contribution in [3.8, 4) is 0 Å². The minimum absolute atomic E-state index is 0.0511. The number of nitrogens with zero attached hydrogens (tertiary/aromatic N) is 3. The highest BCUT2D eigenvalue weighted by atomic mass is 16.2. The van der Waals surface area contributed by atoms with Gasteiger partial charge in [-0.25, -0.2) is 0 Å². The van der Waals surface area contributed by atoms with E-state index < -0.39 is 0 Å². The molecule has 2 heterocycles. The summed E-state index contributed by atoms with van der Waals surface area (Å²) < 4.78 is 0. The number of anilines is 1. The normalized spacial score (nSPS) is 16.2. The Labute approximate surface area is 108 Å². The maximum atomic E-state index is 11.9. The van der Waals surface area contributed by atoms with Gasteiger partial charge in [0.25, 0.3) is 5.91 Å². The second-order valence-corrected chi connectivity index (χ2v) is 4.69. The van der Waals surface area contributed by atoms with E-state index in [-0.39, 0.29) is 5.91 Å². The fraction of sp³-hybridized carbons (Fsp3) is 0.538. The number of pyridine rings is 1. The maximum Gasteiger partial charge on any atom is 0.272 e. The van der Waals surface area contributed by atoms with E-state index >= 15 is 0 Å². The molecule has 0 aromatic carbocycles. The summed E-state index contributed by atoms with van der Waals surface area (Å²) in [4.78, 5) is 19.9. The number of carbonyl (C=O) groups excluding carboxylic acids is 1. The molecule has 0 unspecified atom stereocenters. The van der Waals surface area contributed by atoms with Crippen LogP contribution in [0.1, 0.15) is 16.9 Å². The predicted octanol–water partition coefficient (Wildman–Crippen LogP) is 0.583. The van der Waals surface area contributed by atoms with Crippen LogP contribution in [-0.2, 0) is 0 Å². The molecule has 98 valence electrons. The van der Waals surface area contributed by atoms with Crippen molar-refractivity contribution in [1.29, 1.82) is 0 Å². The van der Waals surface area contributed by atoms with Gasteiger partial charge in [-0.05, 0) is 25.1 Å². The molecule has 0 saturated carbocycles. The molecule has 1 aromatic heterocycles. The largest absolute Gasteiger partial charge is 0.370 e. The Bertz CT molecular complexity index is 411. The Morgan fingerprint density at radius 1 is 1.39 bits per heavy atom. The van der Waals surface area contributed by atoms with Crippen LogP contribution in [0.15, 0.2) is 18.3 Å². The lowest BCUT2D eigenvalue weighted by Crippen LogP contribution is -2.28. The van der Waals surface area contributed by atoms with Gasteiger partial charge in [-0.3, -0.25) is 9.78 Å². The van der Waals surface area contributed by atoms with Crippen molar-refractivity contribution < 1.29 is 4.79 Å². The van der Waals surface area contributed by atoms with Crippen LogP contribution in [0.25, 0.3) is 0 Å². The van der Waals surface area contributed by atoms with Crippen molar-refractivity contribution >= 4 is 11.6 Å². The molecule has 0 bridgehead atoms. The Morgan fingerprint density at radius 3 is 3.00 bits per heavy atom. The third-order valence-corrected chi connectivity index (χ3v) is 3.07. The number of hydrogen-bond donors (Lipinski definition) is 1. The summed E-state index contributed by atoms with van der Waals surface area (Å²) in [5, 5.41) is 3.37. The number of nitrogens with one attached hydrogen (secondary N) is 1. The Kier molecular flexibility index (Phi) is 4.15. The molecule has 1 N–H and O–H groups in total. The molecule has 0 spiro atoms. The summed E-state index contributed by atoms with van der Waals surface area (Å²) in [5.74, 6) is -0.0511. The molecule has 0 atom stereocenters. The van der Waals surface area contributed by atoms with E-state index in [9.17, 15) is 4.79 Å². The predicted molar refractivity (Wildman–Crippen MR) is 72.0 cm³/mol. The molecular weight excluding hydrogens is 228 g/mol. The Balaban J connectivity index is 2.18. The summed E-state index contributed by atoms with van der Waals surface area (Å²) in [5.41, 5.74) is 1.59. The van der Waals surface area contributed by atoms with Crippen molar-refractivity contribution in [3.05, 3.63) is 24.0 Å². The highest BCUT2D eigenvalue weighted by Gasteiger charge is 2.14. The van der Waals surface area contributed by atoms with Gasteiger partial charge in [0, 0.05) is 45.6 Å². The molecule has 1 aliphatic heterocycles. The second-order valence-electron chi connectivity index (χ2n) is 4.69. The number of rotatable bonds is 2. The van der Waals surface area contributed by atoms with Gasteiger partial charge >= 0.3 is 0 Å².